The summed E-state index contributed by atoms with van der Waals surface area (Å²) in [7, 11) is 1.68. The third-order valence-electron chi connectivity index (χ3n) is 3.05. The van der Waals surface area contributed by atoms with E-state index in [0.29, 0.717) is 11.4 Å². The molecular weight excluding hydrogens is 268 g/mol. The summed E-state index contributed by atoms with van der Waals surface area (Å²) < 4.78 is 1.47. The van der Waals surface area contributed by atoms with Gasteiger partial charge in [0, 0.05) is 13.3 Å². The lowest BCUT2D eigenvalue weighted by Gasteiger charge is -1.99. The Morgan fingerprint density at radius 2 is 2.10 bits per heavy atom. The number of carbonyl (C=O) groups is 1. The van der Waals surface area contributed by atoms with Crippen LogP contribution in [0.2, 0.25) is 0 Å². The maximum absolute atomic E-state index is 11.6. The number of primary amides is 1. The zero-order valence-electron chi connectivity index (χ0n) is 12.1. The number of hydrogen-bond donors (Lipinski definition) is 2. The van der Waals surface area contributed by atoms with Crippen molar-refractivity contribution in [3.05, 3.63) is 41.2 Å². The minimum atomic E-state index is -0.551. The van der Waals surface area contributed by atoms with E-state index in [2.05, 4.69) is 10.1 Å². The van der Waals surface area contributed by atoms with Crippen LogP contribution in [0.1, 0.15) is 35.1 Å². The van der Waals surface area contributed by atoms with Crippen LogP contribution in [0.5, 0.6) is 5.75 Å². The smallest absolute Gasteiger partial charge is 0.269 e. The van der Waals surface area contributed by atoms with Gasteiger partial charge in [-0.3, -0.25) is 14.5 Å². The first-order valence-corrected chi connectivity index (χ1v) is 6.71. The molecule has 0 saturated carbocycles. The van der Waals surface area contributed by atoms with Gasteiger partial charge in [0.25, 0.3) is 5.91 Å². The van der Waals surface area contributed by atoms with Crippen LogP contribution in [0, 0.1) is 0 Å². The van der Waals surface area contributed by atoms with E-state index in [4.69, 9.17) is 5.73 Å². The molecule has 1 amide bonds. The van der Waals surface area contributed by atoms with E-state index in [1.165, 1.54) is 4.68 Å². The van der Waals surface area contributed by atoms with Crippen LogP contribution >= 0.6 is 0 Å². The Bertz CT molecular complexity index is 672. The lowest BCUT2D eigenvalue weighted by molar-refractivity contribution is 0.0992. The van der Waals surface area contributed by atoms with Crippen LogP contribution in [0.4, 0.5) is 5.69 Å². The van der Waals surface area contributed by atoms with E-state index < -0.39 is 5.91 Å². The van der Waals surface area contributed by atoms with Gasteiger partial charge in [0.15, 0.2) is 5.69 Å². The Balaban J connectivity index is 2.41. The van der Waals surface area contributed by atoms with Crippen molar-refractivity contribution in [3.8, 4) is 5.75 Å². The quantitative estimate of drug-likeness (QED) is 0.822. The largest absolute Gasteiger partial charge is 0.508 e. The van der Waals surface area contributed by atoms with E-state index in [0.717, 1.165) is 24.1 Å². The summed E-state index contributed by atoms with van der Waals surface area (Å²) in [6.07, 6.45) is 3.25. The van der Waals surface area contributed by atoms with Crippen LogP contribution in [0.25, 0.3) is 0 Å². The van der Waals surface area contributed by atoms with E-state index in [1.54, 1.807) is 37.5 Å². The van der Waals surface area contributed by atoms with Crippen LogP contribution in [0.3, 0.4) is 0 Å². The van der Waals surface area contributed by atoms with E-state index in [-0.39, 0.29) is 5.75 Å². The molecule has 0 bridgehead atoms. The van der Waals surface area contributed by atoms with Gasteiger partial charge >= 0.3 is 0 Å². The molecule has 6 heteroatoms. The van der Waals surface area contributed by atoms with Crippen molar-refractivity contribution < 1.29 is 9.90 Å². The van der Waals surface area contributed by atoms with Crippen LogP contribution < -0.4 is 5.73 Å². The molecule has 0 unspecified atom stereocenters. The number of aryl methyl sites for hydroxylation is 2. The number of aromatic nitrogens is 2. The molecule has 0 radical (unpaired) electrons. The molecule has 0 spiro atoms. The molecule has 0 aliphatic rings. The number of phenols is 1. The molecular formula is C15H18N4O2. The number of amides is 1. The van der Waals surface area contributed by atoms with Gasteiger partial charge in [-0.1, -0.05) is 13.3 Å². The fourth-order valence-corrected chi connectivity index (χ4v) is 2.08. The molecule has 1 aromatic carbocycles. The minimum absolute atomic E-state index is 0.193. The second-order valence-corrected chi connectivity index (χ2v) is 4.73. The number of nitrogens with two attached hydrogens (primary N) is 1. The summed E-state index contributed by atoms with van der Waals surface area (Å²) in [5.41, 5.74) is 7.79. The summed E-state index contributed by atoms with van der Waals surface area (Å²) >= 11 is 0. The lowest BCUT2D eigenvalue weighted by Crippen LogP contribution is -2.15. The van der Waals surface area contributed by atoms with Gasteiger partial charge in [0.2, 0.25) is 0 Å². The molecule has 0 aliphatic carbocycles. The van der Waals surface area contributed by atoms with Crippen molar-refractivity contribution >= 4 is 17.8 Å². The summed E-state index contributed by atoms with van der Waals surface area (Å²) in [4.78, 5) is 15.9. The van der Waals surface area contributed by atoms with Crippen LogP contribution in [0.15, 0.2) is 29.3 Å². The van der Waals surface area contributed by atoms with Crippen molar-refractivity contribution in [3.63, 3.8) is 0 Å². The summed E-state index contributed by atoms with van der Waals surface area (Å²) in [5, 5.41) is 13.6. The van der Waals surface area contributed by atoms with Gasteiger partial charge in [-0.05, 0) is 36.2 Å². The second-order valence-electron chi connectivity index (χ2n) is 4.73. The number of carbonyl (C=O) groups excluding carboxylic acids is 1. The second kappa shape index (κ2) is 6.21. The number of nitrogens with zero attached hydrogens (tertiary/aromatic N) is 3. The SMILES string of the molecule is CCCc1nn(C)c(C(N)=O)c1N=Cc1ccc(O)cc1. The Kier molecular flexibility index (Phi) is 4.37. The highest BCUT2D eigenvalue weighted by Crippen LogP contribution is 2.25. The predicted octanol–water partition coefficient (Wildman–Crippen LogP) is 1.93. The molecule has 0 fully saturated rings. The molecule has 0 aliphatic heterocycles. The van der Waals surface area contributed by atoms with Crippen LogP contribution in [-0.4, -0.2) is 27.0 Å². The maximum atomic E-state index is 11.6. The Morgan fingerprint density at radius 3 is 2.67 bits per heavy atom. The van der Waals surface area contributed by atoms with Gasteiger partial charge < -0.3 is 10.8 Å². The van der Waals surface area contributed by atoms with Crippen molar-refractivity contribution in [2.75, 3.05) is 0 Å². The third-order valence-corrected chi connectivity index (χ3v) is 3.05. The van der Waals surface area contributed by atoms with Crippen LogP contribution in [-0.2, 0) is 13.5 Å². The minimum Gasteiger partial charge on any atom is -0.508 e. The highest BCUT2D eigenvalue weighted by molar-refractivity contribution is 5.98. The monoisotopic (exact) mass is 286 g/mol. The predicted molar refractivity (Wildman–Crippen MR) is 81.1 cm³/mol. The molecule has 21 heavy (non-hydrogen) atoms. The van der Waals surface area contributed by atoms with Crippen molar-refractivity contribution in [1.29, 1.82) is 0 Å². The summed E-state index contributed by atoms with van der Waals surface area (Å²) in [6.45, 7) is 2.03. The first-order valence-electron chi connectivity index (χ1n) is 6.71. The number of rotatable bonds is 5. The third kappa shape index (κ3) is 3.28. The van der Waals surface area contributed by atoms with Crippen molar-refractivity contribution in [1.82, 2.24) is 9.78 Å². The zero-order chi connectivity index (χ0) is 15.4. The fraction of sp³-hybridized carbons (Fsp3) is 0.267. The molecule has 0 saturated heterocycles. The summed E-state index contributed by atoms with van der Waals surface area (Å²) in [5.74, 6) is -0.358. The van der Waals surface area contributed by atoms with Crippen molar-refractivity contribution in [2.24, 2.45) is 17.8 Å². The average Bonchev–Trinajstić information content (AvgIpc) is 2.74. The normalized spacial score (nSPS) is 11.1. The number of aliphatic imine (C=N–C) groups is 1. The number of aromatic hydroxyl groups is 1. The highest BCUT2D eigenvalue weighted by Gasteiger charge is 2.18. The first-order chi connectivity index (χ1) is 10.0. The van der Waals surface area contributed by atoms with Gasteiger partial charge in [-0.15, -0.1) is 0 Å². The molecule has 1 aromatic heterocycles. The molecule has 110 valence electrons. The lowest BCUT2D eigenvalue weighted by atomic mass is 10.2. The molecule has 0 atom stereocenters. The van der Waals surface area contributed by atoms with Gasteiger partial charge in [-0.25, -0.2) is 0 Å². The Morgan fingerprint density at radius 1 is 1.43 bits per heavy atom. The fourth-order valence-electron chi connectivity index (χ4n) is 2.08. The van der Waals surface area contributed by atoms with Gasteiger partial charge in [-0.2, -0.15) is 5.10 Å². The molecule has 6 nitrogen and oxygen atoms in total. The molecule has 2 rings (SSSR count). The molecule has 2 aromatic rings. The first kappa shape index (κ1) is 14.8. The topological polar surface area (TPSA) is 93.5 Å². The number of phenolic OH excluding ortho intramolecular Hbond substituents is 1. The van der Waals surface area contributed by atoms with E-state index in [9.17, 15) is 9.90 Å². The average molecular weight is 286 g/mol. The standard InChI is InChI=1S/C15H18N4O2/c1-3-4-12-13(14(15(16)21)19(2)18-12)17-9-10-5-7-11(20)8-6-10/h5-9,20H,3-4H2,1-2H3,(H2,16,21). The van der Waals surface area contributed by atoms with Gasteiger partial charge in [0.05, 0.1) is 5.69 Å². The van der Waals surface area contributed by atoms with E-state index in [1.807, 2.05) is 6.92 Å². The summed E-state index contributed by atoms with van der Waals surface area (Å²) in [6, 6.07) is 6.62. The van der Waals surface area contributed by atoms with E-state index >= 15 is 0 Å². The number of benzene rings is 1. The molecule has 1 heterocycles. The maximum Gasteiger partial charge on any atom is 0.269 e. The highest BCUT2D eigenvalue weighted by atomic mass is 16.3. The van der Waals surface area contributed by atoms with Crippen molar-refractivity contribution in [2.45, 2.75) is 19.8 Å². The number of hydrogen-bond acceptors (Lipinski definition) is 4. The zero-order valence-corrected chi connectivity index (χ0v) is 12.1. The van der Waals surface area contributed by atoms with Gasteiger partial charge in [0.1, 0.15) is 11.4 Å². The Labute approximate surface area is 122 Å². The molecule has 3 N–H and O–H groups in total. The Hall–Kier alpha value is -2.63.